The van der Waals surface area contributed by atoms with E-state index in [1.807, 2.05) is 6.92 Å². The van der Waals surface area contributed by atoms with Gasteiger partial charge in [0.15, 0.2) is 0 Å². The van der Waals surface area contributed by atoms with Crippen molar-refractivity contribution in [3.63, 3.8) is 0 Å². The van der Waals surface area contributed by atoms with Gasteiger partial charge < -0.3 is 4.90 Å². The van der Waals surface area contributed by atoms with Gasteiger partial charge >= 0.3 is 0 Å². The first kappa shape index (κ1) is 13.1. The maximum Gasteiger partial charge on any atom is 0.241 e. The van der Waals surface area contributed by atoms with Crippen LogP contribution < -0.4 is 5.32 Å². The van der Waals surface area contributed by atoms with Gasteiger partial charge in [0.2, 0.25) is 5.91 Å². The largest absolute Gasteiger partial charge is 0.321 e. The minimum atomic E-state index is -0.0457. The fourth-order valence-electron chi connectivity index (χ4n) is 3.32. The SMILES string of the molecule is CC1NC(c2cccs2)N(CCC2CCCC2)C1=O. The quantitative estimate of drug-likeness (QED) is 0.917. The number of thiophene rings is 1. The molecule has 4 heteroatoms. The monoisotopic (exact) mass is 278 g/mol. The minimum Gasteiger partial charge on any atom is -0.321 e. The molecule has 0 bridgehead atoms. The highest BCUT2D eigenvalue weighted by atomic mass is 32.1. The molecule has 1 saturated heterocycles. The molecule has 3 rings (SSSR count). The van der Waals surface area contributed by atoms with Gasteiger partial charge in [0.05, 0.1) is 6.04 Å². The molecule has 1 saturated carbocycles. The van der Waals surface area contributed by atoms with Crippen LogP contribution in [0.1, 0.15) is 50.1 Å². The van der Waals surface area contributed by atoms with Crippen LogP contribution in [0.2, 0.25) is 0 Å². The lowest BCUT2D eigenvalue weighted by molar-refractivity contribution is -0.130. The first-order valence-corrected chi connectivity index (χ1v) is 8.23. The zero-order valence-corrected chi connectivity index (χ0v) is 12.3. The van der Waals surface area contributed by atoms with E-state index >= 15 is 0 Å². The van der Waals surface area contributed by atoms with Gasteiger partial charge in [-0.2, -0.15) is 0 Å². The van der Waals surface area contributed by atoms with Gasteiger partial charge in [0, 0.05) is 11.4 Å². The zero-order chi connectivity index (χ0) is 13.2. The van der Waals surface area contributed by atoms with E-state index in [9.17, 15) is 4.79 Å². The van der Waals surface area contributed by atoms with E-state index in [4.69, 9.17) is 0 Å². The predicted molar refractivity (Wildman–Crippen MR) is 77.9 cm³/mol. The van der Waals surface area contributed by atoms with E-state index in [0.29, 0.717) is 0 Å². The molecule has 2 heterocycles. The fourth-order valence-corrected chi connectivity index (χ4v) is 4.11. The van der Waals surface area contributed by atoms with E-state index in [0.717, 1.165) is 12.5 Å². The summed E-state index contributed by atoms with van der Waals surface area (Å²) in [6.07, 6.45) is 6.73. The molecule has 1 aromatic rings. The Morgan fingerprint density at radius 2 is 2.21 bits per heavy atom. The van der Waals surface area contributed by atoms with E-state index in [1.54, 1.807) is 11.3 Å². The molecule has 0 radical (unpaired) electrons. The molecule has 1 N–H and O–H groups in total. The van der Waals surface area contributed by atoms with E-state index < -0.39 is 0 Å². The molecule has 1 aliphatic heterocycles. The van der Waals surface area contributed by atoms with Crippen molar-refractivity contribution in [3.05, 3.63) is 22.4 Å². The smallest absolute Gasteiger partial charge is 0.241 e. The van der Waals surface area contributed by atoms with Crippen molar-refractivity contribution in [1.29, 1.82) is 0 Å². The number of carbonyl (C=O) groups excluding carboxylic acids is 1. The predicted octanol–water partition coefficient (Wildman–Crippen LogP) is 3.15. The molecule has 3 nitrogen and oxygen atoms in total. The molecule has 2 fully saturated rings. The number of nitrogens with zero attached hydrogens (tertiary/aromatic N) is 1. The number of carbonyl (C=O) groups is 1. The van der Waals surface area contributed by atoms with Crippen molar-refractivity contribution in [3.8, 4) is 0 Å². The van der Waals surface area contributed by atoms with Crippen LogP contribution in [0.15, 0.2) is 17.5 Å². The maximum atomic E-state index is 12.3. The lowest BCUT2D eigenvalue weighted by Gasteiger charge is -2.24. The minimum absolute atomic E-state index is 0.0457. The molecule has 2 aliphatic rings. The molecular formula is C15H22N2OS. The lowest BCUT2D eigenvalue weighted by atomic mass is 10.0. The van der Waals surface area contributed by atoms with Crippen LogP contribution in [0.25, 0.3) is 0 Å². The van der Waals surface area contributed by atoms with Crippen LogP contribution in [0.4, 0.5) is 0 Å². The number of amides is 1. The Hall–Kier alpha value is -0.870. The van der Waals surface area contributed by atoms with Gasteiger partial charge in [0.1, 0.15) is 6.17 Å². The summed E-state index contributed by atoms with van der Waals surface area (Å²) in [7, 11) is 0. The van der Waals surface area contributed by atoms with Gasteiger partial charge in [-0.05, 0) is 30.7 Å². The summed E-state index contributed by atoms with van der Waals surface area (Å²) in [6, 6.07) is 4.14. The third-order valence-corrected chi connectivity index (χ3v) is 5.36. The van der Waals surface area contributed by atoms with Crippen molar-refractivity contribution in [2.24, 2.45) is 5.92 Å². The number of nitrogens with one attached hydrogen (secondary N) is 1. The fraction of sp³-hybridized carbons (Fsp3) is 0.667. The average molecular weight is 278 g/mol. The summed E-state index contributed by atoms with van der Waals surface area (Å²) in [6.45, 7) is 2.88. The van der Waals surface area contributed by atoms with Gasteiger partial charge in [0.25, 0.3) is 0 Å². The summed E-state index contributed by atoms with van der Waals surface area (Å²) in [5.74, 6) is 1.10. The Kier molecular flexibility index (Phi) is 3.89. The first-order chi connectivity index (χ1) is 9.25. The van der Waals surface area contributed by atoms with Crippen molar-refractivity contribution >= 4 is 17.2 Å². The summed E-state index contributed by atoms with van der Waals surface area (Å²) in [5, 5.41) is 5.50. The second-order valence-corrected chi connectivity index (χ2v) is 6.76. The molecule has 0 spiro atoms. The molecule has 19 heavy (non-hydrogen) atoms. The highest BCUT2D eigenvalue weighted by Crippen LogP contribution is 2.32. The van der Waals surface area contributed by atoms with Gasteiger partial charge in [-0.1, -0.05) is 31.7 Å². The summed E-state index contributed by atoms with van der Waals surface area (Å²) in [4.78, 5) is 15.6. The van der Waals surface area contributed by atoms with E-state index in [2.05, 4.69) is 27.7 Å². The Morgan fingerprint density at radius 3 is 2.89 bits per heavy atom. The van der Waals surface area contributed by atoms with Crippen molar-refractivity contribution in [2.45, 2.75) is 51.2 Å². The molecule has 1 amide bonds. The van der Waals surface area contributed by atoms with Crippen molar-refractivity contribution in [2.75, 3.05) is 6.54 Å². The number of hydrogen-bond acceptors (Lipinski definition) is 3. The molecule has 0 aromatic carbocycles. The first-order valence-electron chi connectivity index (χ1n) is 7.35. The third kappa shape index (κ3) is 2.70. The second kappa shape index (κ2) is 5.63. The second-order valence-electron chi connectivity index (χ2n) is 5.78. The topological polar surface area (TPSA) is 32.3 Å². The normalized spacial score (nSPS) is 28.5. The van der Waals surface area contributed by atoms with Gasteiger partial charge in [-0.3, -0.25) is 10.1 Å². The molecule has 1 aromatic heterocycles. The van der Waals surface area contributed by atoms with Crippen LogP contribution in [0, 0.1) is 5.92 Å². The number of rotatable bonds is 4. The summed E-state index contributed by atoms with van der Waals surface area (Å²) < 4.78 is 0. The molecular weight excluding hydrogens is 256 g/mol. The average Bonchev–Trinajstić information content (AvgIpc) is 3.12. The standard InChI is InChI=1S/C15H22N2OS/c1-11-15(18)17(9-8-12-5-2-3-6-12)14(16-11)13-7-4-10-19-13/h4,7,10-12,14,16H,2-3,5-6,8-9H2,1H3. The van der Waals surface area contributed by atoms with Crippen LogP contribution in [0.5, 0.6) is 0 Å². The Labute approximate surface area is 119 Å². The third-order valence-electron chi connectivity index (χ3n) is 4.44. The Bertz CT molecular complexity index is 425. The number of hydrogen-bond donors (Lipinski definition) is 1. The summed E-state index contributed by atoms with van der Waals surface area (Å²) >= 11 is 1.73. The Morgan fingerprint density at radius 1 is 1.42 bits per heavy atom. The van der Waals surface area contributed by atoms with Crippen molar-refractivity contribution < 1.29 is 4.79 Å². The highest BCUT2D eigenvalue weighted by Gasteiger charge is 2.37. The van der Waals surface area contributed by atoms with E-state index in [-0.39, 0.29) is 18.1 Å². The lowest BCUT2D eigenvalue weighted by Crippen LogP contribution is -2.32. The maximum absolute atomic E-state index is 12.3. The molecule has 104 valence electrons. The highest BCUT2D eigenvalue weighted by molar-refractivity contribution is 7.10. The van der Waals surface area contributed by atoms with Crippen molar-refractivity contribution in [1.82, 2.24) is 10.2 Å². The van der Waals surface area contributed by atoms with Crippen LogP contribution in [0.3, 0.4) is 0 Å². The summed E-state index contributed by atoms with van der Waals surface area (Å²) in [5.41, 5.74) is 0. The molecule has 2 atom stereocenters. The Balaban J connectivity index is 1.67. The van der Waals surface area contributed by atoms with Crippen LogP contribution in [-0.2, 0) is 4.79 Å². The molecule has 2 unspecified atom stereocenters. The van der Waals surface area contributed by atoms with Gasteiger partial charge in [-0.25, -0.2) is 0 Å². The van der Waals surface area contributed by atoms with E-state index in [1.165, 1.54) is 37.0 Å². The van der Waals surface area contributed by atoms with Crippen LogP contribution in [-0.4, -0.2) is 23.4 Å². The van der Waals surface area contributed by atoms with Gasteiger partial charge in [-0.15, -0.1) is 11.3 Å². The van der Waals surface area contributed by atoms with Crippen LogP contribution >= 0.6 is 11.3 Å². The molecule has 1 aliphatic carbocycles. The zero-order valence-electron chi connectivity index (χ0n) is 11.5.